The third kappa shape index (κ3) is 4.29. The second kappa shape index (κ2) is 8.62. The van der Waals surface area contributed by atoms with E-state index in [1.807, 2.05) is 39.9 Å². The third-order valence-corrected chi connectivity index (χ3v) is 4.71. The highest BCUT2D eigenvalue weighted by atomic mass is 16.2. The fraction of sp³-hybridized carbons (Fsp3) is 0.421. The van der Waals surface area contributed by atoms with Crippen LogP contribution >= 0.6 is 0 Å². The number of nitrogens with two attached hydrogens (primary N) is 1. The lowest BCUT2D eigenvalue weighted by molar-refractivity contribution is -0.121. The molecule has 0 aliphatic carbocycles. The van der Waals surface area contributed by atoms with E-state index in [0.717, 1.165) is 31.5 Å². The second-order valence-corrected chi connectivity index (χ2v) is 6.51. The van der Waals surface area contributed by atoms with E-state index in [2.05, 4.69) is 10.3 Å². The summed E-state index contributed by atoms with van der Waals surface area (Å²) in [6, 6.07) is 7.55. The van der Waals surface area contributed by atoms with Gasteiger partial charge in [0.05, 0.1) is 6.33 Å². The number of benzene rings is 1. The van der Waals surface area contributed by atoms with E-state index < -0.39 is 0 Å². The molecule has 26 heavy (non-hydrogen) atoms. The number of piperidine rings is 1. The van der Waals surface area contributed by atoms with E-state index in [-0.39, 0.29) is 17.9 Å². The number of nitrogens with zero attached hydrogens (tertiary/aromatic N) is 3. The Kier molecular flexibility index (Phi) is 6.01. The summed E-state index contributed by atoms with van der Waals surface area (Å²) in [6.07, 6.45) is 8.59. The maximum absolute atomic E-state index is 13.0. The van der Waals surface area contributed by atoms with Crippen molar-refractivity contribution in [2.45, 2.75) is 31.7 Å². The van der Waals surface area contributed by atoms with E-state index in [1.165, 1.54) is 0 Å². The van der Waals surface area contributed by atoms with Crippen LogP contribution in [-0.2, 0) is 4.79 Å². The molecular formula is C19H25N5O2. The molecule has 1 fully saturated rings. The highest BCUT2D eigenvalue weighted by Gasteiger charge is 2.27. The lowest BCUT2D eigenvalue weighted by Crippen LogP contribution is -2.49. The number of imidazole rings is 1. The van der Waals surface area contributed by atoms with Crippen LogP contribution in [0.4, 0.5) is 0 Å². The normalized spacial score (nSPS) is 17.1. The molecule has 2 heterocycles. The van der Waals surface area contributed by atoms with Gasteiger partial charge in [0.2, 0.25) is 5.91 Å². The van der Waals surface area contributed by atoms with Gasteiger partial charge in [0.1, 0.15) is 0 Å². The van der Waals surface area contributed by atoms with Crippen molar-refractivity contribution in [1.82, 2.24) is 19.8 Å². The molecule has 3 rings (SSSR count). The fourth-order valence-corrected chi connectivity index (χ4v) is 3.29. The minimum Gasteiger partial charge on any atom is -0.354 e. The number of hydrogen-bond acceptors (Lipinski definition) is 4. The summed E-state index contributed by atoms with van der Waals surface area (Å²) in [5, 5.41) is 2.89. The van der Waals surface area contributed by atoms with Gasteiger partial charge >= 0.3 is 0 Å². The first-order valence-electron chi connectivity index (χ1n) is 9.05. The van der Waals surface area contributed by atoms with Gasteiger partial charge in [-0.05, 0) is 43.5 Å². The molecule has 1 aromatic carbocycles. The highest BCUT2D eigenvalue weighted by molar-refractivity contribution is 5.94. The molecule has 1 aliphatic heterocycles. The van der Waals surface area contributed by atoms with Crippen LogP contribution in [0.5, 0.6) is 0 Å². The van der Waals surface area contributed by atoms with Crippen molar-refractivity contribution < 1.29 is 9.59 Å². The SMILES string of the molecule is NCCC(=O)NCC1CCCCN1C(=O)c1ccc(-n2ccnc2)cc1. The molecule has 3 N–H and O–H groups in total. The predicted octanol–water partition coefficient (Wildman–Crippen LogP) is 1.33. The maximum atomic E-state index is 13.0. The molecule has 0 saturated carbocycles. The lowest BCUT2D eigenvalue weighted by atomic mass is 10.0. The van der Waals surface area contributed by atoms with Crippen molar-refractivity contribution in [3.63, 3.8) is 0 Å². The van der Waals surface area contributed by atoms with Gasteiger partial charge < -0.3 is 20.5 Å². The molecule has 1 aliphatic rings. The number of carbonyl (C=O) groups excluding carboxylic acids is 2. The maximum Gasteiger partial charge on any atom is 0.254 e. The zero-order chi connectivity index (χ0) is 18.4. The van der Waals surface area contributed by atoms with Gasteiger partial charge in [0, 0.05) is 55.7 Å². The van der Waals surface area contributed by atoms with Crippen LogP contribution in [0.2, 0.25) is 0 Å². The minimum atomic E-state index is -0.0600. The van der Waals surface area contributed by atoms with E-state index in [1.54, 1.807) is 12.5 Å². The largest absolute Gasteiger partial charge is 0.354 e. The first-order chi connectivity index (χ1) is 12.7. The smallest absolute Gasteiger partial charge is 0.254 e. The Morgan fingerprint density at radius 3 is 2.73 bits per heavy atom. The molecule has 2 aromatic rings. The molecule has 0 radical (unpaired) electrons. The number of likely N-dealkylation sites (tertiary alicyclic amines) is 1. The Morgan fingerprint density at radius 2 is 2.04 bits per heavy atom. The standard InChI is InChI=1S/C19H25N5O2/c20-9-8-18(25)22-13-17-3-1-2-11-24(17)19(26)15-4-6-16(7-5-15)23-12-10-21-14-23/h4-7,10,12,14,17H,1-3,8-9,11,13,20H2,(H,22,25). The van der Waals surface area contributed by atoms with Crippen molar-refractivity contribution in [2.75, 3.05) is 19.6 Å². The molecule has 1 saturated heterocycles. The molecule has 138 valence electrons. The van der Waals surface area contributed by atoms with Crippen molar-refractivity contribution in [3.05, 3.63) is 48.5 Å². The number of amides is 2. The highest BCUT2D eigenvalue weighted by Crippen LogP contribution is 2.20. The Bertz CT molecular complexity index is 727. The molecule has 2 amide bonds. The van der Waals surface area contributed by atoms with E-state index in [9.17, 15) is 9.59 Å². The molecule has 1 unspecified atom stereocenters. The summed E-state index contributed by atoms with van der Waals surface area (Å²) in [4.78, 5) is 30.6. The molecule has 1 atom stereocenters. The predicted molar refractivity (Wildman–Crippen MR) is 98.9 cm³/mol. The summed E-state index contributed by atoms with van der Waals surface area (Å²) < 4.78 is 1.89. The summed E-state index contributed by atoms with van der Waals surface area (Å²) in [5.41, 5.74) is 7.03. The first-order valence-corrected chi connectivity index (χ1v) is 9.05. The fourth-order valence-electron chi connectivity index (χ4n) is 3.29. The molecule has 1 aromatic heterocycles. The van der Waals surface area contributed by atoms with Crippen LogP contribution in [0, 0.1) is 0 Å². The summed E-state index contributed by atoms with van der Waals surface area (Å²) >= 11 is 0. The van der Waals surface area contributed by atoms with Gasteiger partial charge in [-0.25, -0.2) is 4.98 Å². The second-order valence-electron chi connectivity index (χ2n) is 6.51. The average molecular weight is 355 g/mol. The van der Waals surface area contributed by atoms with Gasteiger partial charge in [-0.1, -0.05) is 0 Å². The average Bonchev–Trinajstić information content (AvgIpc) is 3.21. The van der Waals surface area contributed by atoms with Crippen molar-refractivity contribution in [1.29, 1.82) is 0 Å². The van der Waals surface area contributed by atoms with Gasteiger partial charge in [-0.3, -0.25) is 9.59 Å². The number of hydrogen-bond donors (Lipinski definition) is 2. The number of carbonyl (C=O) groups is 2. The zero-order valence-corrected chi connectivity index (χ0v) is 14.8. The number of aromatic nitrogens is 2. The third-order valence-electron chi connectivity index (χ3n) is 4.71. The van der Waals surface area contributed by atoms with Gasteiger partial charge in [0.15, 0.2) is 0 Å². The van der Waals surface area contributed by atoms with Gasteiger partial charge in [0.25, 0.3) is 5.91 Å². The van der Waals surface area contributed by atoms with Crippen LogP contribution in [0.15, 0.2) is 43.0 Å². The van der Waals surface area contributed by atoms with Gasteiger partial charge in [-0.2, -0.15) is 0 Å². The van der Waals surface area contributed by atoms with Crippen molar-refractivity contribution >= 4 is 11.8 Å². The first kappa shape index (κ1) is 18.1. The summed E-state index contributed by atoms with van der Waals surface area (Å²) in [7, 11) is 0. The Morgan fingerprint density at radius 1 is 1.23 bits per heavy atom. The summed E-state index contributed by atoms with van der Waals surface area (Å²) in [6.45, 7) is 1.54. The van der Waals surface area contributed by atoms with Crippen LogP contribution in [0.25, 0.3) is 5.69 Å². The van der Waals surface area contributed by atoms with E-state index in [0.29, 0.717) is 25.1 Å². The zero-order valence-electron chi connectivity index (χ0n) is 14.8. The number of rotatable bonds is 6. The van der Waals surface area contributed by atoms with Gasteiger partial charge in [-0.15, -0.1) is 0 Å². The molecule has 0 spiro atoms. The van der Waals surface area contributed by atoms with Crippen LogP contribution in [0.1, 0.15) is 36.0 Å². The molecule has 7 nitrogen and oxygen atoms in total. The Balaban J connectivity index is 1.67. The van der Waals surface area contributed by atoms with E-state index in [4.69, 9.17) is 5.73 Å². The van der Waals surface area contributed by atoms with Crippen LogP contribution < -0.4 is 11.1 Å². The molecule has 0 bridgehead atoms. The van der Waals surface area contributed by atoms with Crippen LogP contribution in [0.3, 0.4) is 0 Å². The summed E-state index contributed by atoms with van der Waals surface area (Å²) in [5.74, 6) is -0.0462. The quantitative estimate of drug-likeness (QED) is 0.817. The van der Waals surface area contributed by atoms with Crippen molar-refractivity contribution in [2.24, 2.45) is 5.73 Å². The lowest BCUT2D eigenvalue weighted by Gasteiger charge is -2.36. The molecular weight excluding hydrogens is 330 g/mol. The van der Waals surface area contributed by atoms with Crippen LogP contribution in [-0.4, -0.2) is 51.9 Å². The topological polar surface area (TPSA) is 93.3 Å². The Labute approximate surface area is 153 Å². The molecule has 7 heteroatoms. The Hall–Kier alpha value is -2.67. The number of nitrogens with one attached hydrogen (secondary N) is 1. The van der Waals surface area contributed by atoms with Crippen molar-refractivity contribution in [3.8, 4) is 5.69 Å². The minimum absolute atomic E-state index is 0.0138. The van der Waals surface area contributed by atoms with E-state index >= 15 is 0 Å². The monoisotopic (exact) mass is 355 g/mol.